The van der Waals surface area contributed by atoms with Gasteiger partial charge in [0.1, 0.15) is 10.7 Å². The molecule has 1 heterocycles. The van der Waals surface area contributed by atoms with Crippen molar-refractivity contribution in [1.29, 1.82) is 0 Å². The lowest BCUT2D eigenvalue weighted by Crippen LogP contribution is -2.36. The van der Waals surface area contributed by atoms with Crippen molar-refractivity contribution in [2.45, 2.75) is 12.6 Å². The van der Waals surface area contributed by atoms with Gasteiger partial charge >= 0.3 is 0 Å². The van der Waals surface area contributed by atoms with Crippen LogP contribution in [-0.2, 0) is 5.66 Å². The topological polar surface area (TPSA) is 24.4 Å². The molecule has 1 unspecified atom stereocenters. The summed E-state index contributed by atoms with van der Waals surface area (Å²) in [4.78, 5) is 5.52. The molecule has 0 spiro atoms. The monoisotopic (exact) mass is 422 g/mol. The largest absolute Gasteiger partial charge is 0.347 e. The Hall–Kier alpha value is -1.04. The molecule has 0 aliphatic carbocycles. The van der Waals surface area contributed by atoms with Crippen LogP contribution >= 0.6 is 44.1 Å². The fourth-order valence-electron chi connectivity index (χ4n) is 2.30. The minimum atomic E-state index is -0.514. The smallest absolute Gasteiger partial charge is 0.154 e. The van der Waals surface area contributed by atoms with Gasteiger partial charge in [0.2, 0.25) is 0 Å². The lowest BCUT2D eigenvalue weighted by Gasteiger charge is -2.22. The molecule has 106 valence electrons. The molecule has 1 aliphatic heterocycles. The van der Waals surface area contributed by atoms with Gasteiger partial charge in [-0.05, 0) is 36.8 Å². The minimum Gasteiger partial charge on any atom is -0.347 e. The van der Waals surface area contributed by atoms with Gasteiger partial charge in [-0.25, -0.2) is 4.99 Å². The Morgan fingerprint density at radius 3 is 2.05 bits per heavy atom. The predicted molar refractivity (Wildman–Crippen MR) is 97.9 cm³/mol. The van der Waals surface area contributed by atoms with E-state index in [1.807, 2.05) is 55.5 Å². The highest BCUT2D eigenvalue weighted by atomic mass is 79.9. The van der Waals surface area contributed by atoms with E-state index in [0.717, 1.165) is 25.8 Å². The molecule has 0 amide bonds. The summed E-state index contributed by atoms with van der Waals surface area (Å²) in [6, 6.07) is 16.2. The van der Waals surface area contributed by atoms with Gasteiger partial charge in [0.05, 0.1) is 0 Å². The summed E-state index contributed by atoms with van der Waals surface area (Å²) in [5.74, 6) is 0. The highest BCUT2D eigenvalue weighted by Gasteiger charge is 2.34. The zero-order valence-electron chi connectivity index (χ0n) is 11.2. The van der Waals surface area contributed by atoms with Crippen LogP contribution in [0.4, 0.5) is 0 Å². The summed E-state index contributed by atoms with van der Waals surface area (Å²) in [7, 11) is 0. The molecule has 1 atom stereocenters. The van der Waals surface area contributed by atoms with Crippen molar-refractivity contribution in [3.8, 4) is 0 Å². The highest BCUT2D eigenvalue weighted by Crippen LogP contribution is 2.29. The minimum absolute atomic E-state index is 0.514. The van der Waals surface area contributed by atoms with Crippen molar-refractivity contribution in [3.63, 3.8) is 0 Å². The van der Waals surface area contributed by atoms with Crippen LogP contribution in [0.3, 0.4) is 0 Å². The van der Waals surface area contributed by atoms with Gasteiger partial charge in [0.25, 0.3) is 0 Å². The third-order valence-electron chi connectivity index (χ3n) is 3.43. The molecule has 3 rings (SSSR count). The Morgan fingerprint density at radius 1 is 0.952 bits per heavy atom. The van der Waals surface area contributed by atoms with Crippen LogP contribution in [0, 0.1) is 0 Å². The maximum atomic E-state index is 5.47. The van der Waals surface area contributed by atoms with Crippen LogP contribution in [0.1, 0.15) is 18.1 Å². The van der Waals surface area contributed by atoms with Crippen LogP contribution in [-0.4, -0.2) is 10.7 Å². The van der Waals surface area contributed by atoms with E-state index in [0.29, 0.717) is 4.99 Å². The Kier molecular flexibility index (Phi) is 3.99. The van der Waals surface area contributed by atoms with E-state index in [1.165, 1.54) is 0 Å². The van der Waals surface area contributed by atoms with E-state index in [1.54, 1.807) is 0 Å². The second-order valence-corrected chi connectivity index (χ2v) is 7.24. The molecule has 2 nitrogen and oxygen atoms in total. The standard InChI is InChI=1S/C16H12Br2N2S/c1-16(11-4-8-13(18)9-5-11)19-14(15(21)20-16)10-2-6-12(17)7-3-10/h2-9H,1H3,(H,20,21). The average molecular weight is 424 g/mol. The molecule has 0 aromatic heterocycles. The van der Waals surface area contributed by atoms with Gasteiger partial charge in [-0.1, -0.05) is 68.3 Å². The third kappa shape index (κ3) is 2.96. The Morgan fingerprint density at radius 2 is 1.48 bits per heavy atom. The number of hydrogen-bond acceptors (Lipinski definition) is 2. The fraction of sp³-hybridized carbons (Fsp3) is 0.125. The summed E-state index contributed by atoms with van der Waals surface area (Å²) in [5, 5.41) is 3.33. The van der Waals surface area contributed by atoms with Gasteiger partial charge < -0.3 is 5.32 Å². The first-order chi connectivity index (χ1) is 9.98. The van der Waals surface area contributed by atoms with E-state index in [2.05, 4.69) is 37.2 Å². The quantitative estimate of drug-likeness (QED) is 0.701. The van der Waals surface area contributed by atoms with Crippen molar-refractivity contribution in [2.75, 3.05) is 0 Å². The van der Waals surface area contributed by atoms with Crippen molar-refractivity contribution in [3.05, 3.63) is 68.6 Å². The van der Waals surface area contributed by atoms with Crippen LogP contribution in [0.25, 0.3) is 0 Å². The number of hydrogen-bond donors (Lipinski definition) is 1. The number of benzene rings is 2. The van der Waals surface area contributed by atoms with E-state index in [4.69, 9.17) is 17.2 Å². The molecule has 0 bridgehead atoms. The molecular formula is C16H12Br2N2S. The number of halogens is 2. The van der Waals surface area contributed by atoms with E-state index in [9.17, 15) is 0 Å². The third-order valence-corrected chi connectivity index (χ3v) is 4.78. The zero-order valence-corrected chi connectivity index (χ0v) is 15.2. The van der Waals surface area contributed by atoms with Gasteiger partial charge in [0.15, 0.2) is 5.66 Å². The fourth-order valence-corrected chi connectivity index (χ4v) is 3.19. The summed E-state index contributed by atoms with van der Waals surface area (Å²) in [6.07, 6.45) is 0. The molecule has 0 fully saturated rings. The Balaban J connectivity index is 2.01. The predicted octanol–water partition coefficient (Wildman–Crippen LogP) is 4.80. The van der Waals surface area contributed by atoms with Crippen LogP contribution in [0.2, 0.25) is 0 Å². The molecular weight excluding hydrogens is 412 g/mol. The summed E-state index contributed by atoms with van der Waals surface area (Å²) < 4.78 is 2.09. The van der Waals surface area contributed by atoms with Gasteiger partial charge in [0, 0.05) is 14.5 Å². The van der Waals surface area contributed by atoms with E-state index in [-0.39, 0.29) is 0 Å². The summed E-state index contributed by atoms with van der Waals surface area (Å²) in [5.41, 5.74) is 2.43. The van der Waals surface area contributed by atoms with Crippen molar-refractivity contribution >= 4 is 54.8 Å². The maximum Gasteiger partial charge on any atom is 0.154 e. The second kappa shape index (κ2) is 5.63. The molecule has 0 saturated carbocycles. The number of thiocarbonyl (C=S) groups is 1. The van der Waals surface area contributed by atoms with E-state index < -0.39 is 5.66 Å². The Bertz CT molecular complexity index is 723. The van der Waals surface area contributed by atoms with Crippen molar-refractivity contribution < 1.29 is 0 Å². The van der Waals surface area contributed by atoms with E-state index >= 15 is 0 Å². The molecule has 0 saturated heterocycles. The molecule has 2 aromatic rings. The first-order valence-electron chi connectivity index (χ1n) is 6.42. The van der Waals surface area contributed by atoms with Gasteiger partial charge in [-0.2, -0.15) is 0 Å². The number of aliphatic imine (C=N–C) groups is 1. The van der Waals surface area contributed by atoms with Crippen LogP contribution in [0.15, 0.2) is 62.5 Å². The SMILES string of the molecule is CC1(c2ccc(Br)cc2)N=C(c2ccc(Br)cc2)C(=S)N1. The molecule has 1 aliphatic rings. The van der Waals surface area contributed by atoms with Gasteiger partial charge in [-0.3, -0.25) is 0 Å². The summed E-state index contributed by atoms with van der Waals surface area (Å²) in [6.45, 7) is 2.04. The van der Waals surface area contributed by atoms with Gasteiger partial charge in [-0.15, -0.1) is 0 Å². The van der Waals surface area contributed by atoms with Crippen LogP contribution < -0.4 is 5.32 Å². The second-order valence-electron chi connectivity index (χ2n) is 5.00. The first-order valence-corrected chi connectivity index (χ1v) is 8.42. The number of nitrogens with zero attached hydrogens (tertiary/aromatic N) is 1. The van der Waals surface area contributed by atoms with Crippen molar-refractivity contribution in [2.24, 2.45) is 4.99 Å². The molecule has 0 radical (unpaired) electrons. The molecule has 21 heavy (non-hydrogen) atoms. The zero-order chi connectivity index (χ0) is 15.0. The average Bonchev–Trinajstić information content (AvgIpc) is 2.77. The molecule has 1 N–H and O–H groups in total. The number of rotatable bonds is 2. The normalized spacial score (nSPS) is 21.1. The lowest BCUT2D eigenvalue weighted by atomic mass is 10.0. The maximum absolute atomic E-state index is 5.47. The number of nitrogens with one attached hydrogen (secondary N) is 1. The van der Waals surface area contributed by atoms with Crippen molar-refractivity contribution in [1.82, 2.24) is 5.32 Å². The Labute approximate surface area is 145 Å². The molecule has 5 heteroatoms. The summed E-state index contributed by atoms with van der Waals surface area (Å²) >= 11 is 12.4. The van der Waals surface area contributed by atoms with Crippen LogP contribution in [0.5, 0.6) is 0 Å². The lowest BCUT2D eigenvalue weighted by molar-refractivity contribution is 0.480. The first kappa shape index (κ1) is 14.9. The highest BCUT2D eigenvalue weighted by molar-refractivity contribution is 9.10. The molecule has 2 aromatic carbocycles.